The maximum Gasteiger partial charge on any atom is 0.00982 e. The third-order valence-electron chi connectivity index (χ3n) is 11.0. The van der Waals surface area contributed by atoms with E-state index in [-0.39, 0.29) is 0 Å². The Balaban J connectivity index is 1.41. The zero-order valence-corrected chi connectivity index (χ0v) is 18.0. The molecule has 0 aromatic rings. The highest BCUT2D eigenvalue weighted by atomic mass is 15.2. The van der Waals surface area contributed by atoms with E-state index in [0.717, 1.165) is 41.7 Å². The fourth-order valence-electron chi connectivity index (χ4n) is 9.51. The maximum absolute atomic E-state index is 2.73. The molecule has 2 heteroatoms. The van der Waals surface area contributed by atoms with E-state index >= 15 is 0 Å². The molecule has 0 unspecified atom stereocenters. The van der Waals surface area contributed by atoms with Gasteiger partial charge in [-0.25, -0.2) is 0 Å². The SMILES string of the molecule is C[C@H]1[C@H]2CC[C@H]3[C@@H]4CC[C@H]5C[C@H](N(C)C)CC[C@]5(C)[C@H]4CC[C@]23CN1C. The molecular formula is C24H42N2. The normalized spacial score (nSPS) is 56.8. The van der Waals surface area contributed by atoms with E-state index in [9.17, 15) is 0 Å². The molecule has 5 aliphatic rings. The summed E-state index contributed by atoms with van der Waals surface area (Å²) in [5.74, 6) is 5.17. The second kappa shape index (κ2) is 5.96. The Bertz CT molecular complexity index is 558. The van der Waals surface area contributed by atoms with Crippen molar-refractivity contribution in [2.24, 2.45) is 40.4 Å². The zero-order valence-electron chi connectivity index (χ0n) is 18.0. The fourth-order valence-corrected chi connectivity index (χ4v) is 9.51. The first-order valence-electron chi connectivity index (χ1n) is 11.7. The van der Waals surface area contributed by atoms with Crippen LogP contribution in [0.3, 0.4) is 0 Å². The molecule has 1 spiro atoms. The van der Waals surface area contributed by atoms with Crippen LogP contribution < -0.4 is 0 Å². The molecule has 0 aromatic heterocycles. The summed E-state index contributed by atoms with van der Waals surface area (Å²) in [6.45, 7) is 6.67. The van der Waals surface area contributed by atoms with Crippen molar-refractivity contribution in [3.8, 4) is 0 Å². The van der Waals surface area contributed by atoms with Crippen molar-refractivity contribution >= 4 is 0 Å². The van der Waals surface area contributed by atoms with Crippen LogP contribution in [-0.2, 0) is 0 Å². The molecule has 0 amide bonds. The van der Waals surface area contributed by atoms with Crippen molar-refractivity contribution in [2.75, 3.05) is 27.7 Å². The van der Waals surface area contributed by atoms with E-state index in [1.807, 2.05) is 0 Å². The minimum Gasteiger partial charge on any atom is -0.306 e. The predicted molar refractivity (Wildman–Crippen MR) is 109 cm³/mol. The van der Waals surface area contributed by atoms with Gasteiger partial charge in [-0.05, 0) is 126 Å². The van der Waals surface area contributed by atoms with Crippen molar-refractivity contribution in [1.82, 2.24) is 9.80 Å². The van der Waals surface area contributed by atoms with Gasteiger partial charge < -0.3 is 9.80 Å². The number of likely N-dealkylation sites (tertiary alicyclic amines) is 1. The molecule has 148 valence electrons. The minimum atomic E-state index is 0.658. The van der Waals surface area contributed by atoms with Gasteiger partial charge >= 0.3 is 0 Å². The van der Waals surface area contributed by atoms with Gasteiger partial charge in [0.1, 0.15) is 0 Å². The van der Waals surface area contributed by atoms with Crippen molar-refractivity contribution in [2.45, 2.75) is 83.7 Å². The molecule has 2 nitrogen and oxygen atoms in total. The van der Waals surface area contributed by atoms with E-state index in [2.05, 4.69) is 44.8 Å². The Morgan fingerprint density at radius 1 is 0.885 bits per heavy atom. The van der Waals surface area contributed by atoms with Crippen LogP contribution in [0.5, 0.6) is 0 Å². The molecule has 5 fully saturated rings. The first-order chi connectivity index (χ1) is 12.4. The lowest BCUT2D eigenvalue weighted by Crippen LogP contribution is -2.55. The standard InChI is InChI=1S/C24H42N2/c1-16-20-8-9-22-19-7-6-17-14-18(25(3)4)10-12-23(17,2)21(19)11-13-24(20,22)15-26(16)5/h16-22H,6-15H2,1-5H3/t16-,17-,18+,19+,20+,21-,22-,23-,24-/m0/s1. The Labute approximate surface area is 162 Å². The van der Waals surface area contributed by atoms with Gasteiger partial charge in [0.2, 0.25) is 0 Å². The molecule has 26 heavy (non-hydrogen) atoms. The van der Waals surface area contributed by atoms with E-state index in [1.54, 1.807) is 25.7 Å². The summed E-state index contributed by atoms with van der Waals surface area (Å²) in [6, 6.07) is 1.68. The Hall–Kier alpha value is -0.0800. The van der Waals surface area contributed by atoms with E-state index < -0.39 is 0 Å². The molecule has 1 heterocycles. The van der Waals surface area contributed by atoms with Gasteiger partial charge in [-0.2, -0.15) is 0 Å². The topological polar surface area (TPSA) is 6.48 Å². The van der Waals surface area contributed by atoms with Crippen LogP contribution in [0.2, 0.25) is 0 Å². The van der Waals surface area contributed by atoms with Crippen molar-refractivity contribution in [3.63, 3.8) is 0 Å². The summed E-state index contributed by atoms with van der Waals surface area (Å²) in [7, 11) is 7.02. The molecule has 4 saturated carbocycles. The molecule has 9 atom stereocenters. The number of rotatable bonds is 1. The zero-order chi connectivity index (χ0) is 18.3. The third-order valence-corrected chi connectivity index (χ3v) is 11.0. The van der Waals surface area contributed by atoms with Crippen molar-refractivity contribution in [3.05, 3.63) is 0 Å². The van der Waals surface area contributed by atoms with Crippen LogP contribution in [-0.4, -0.2) is 49.6 Å². The van der Waals surface area contributed by atoms with Gasteiger partial charge in [-0.1, -0.05) is 6.92 Å². The average molecular weight is 359 g/mol. The maximum atomic E-state index is 2.73. The highest BCUT2D eigenvalue weighted by molar-refractivity contribution is 5.15. The van der Waals surface area contributed by atoms with Crippen LogP contribution in [0.25, 0.3) is 0 Å². The molecule has 0 bridgehead atoms. The molecule has 0 radical (unpaired) electrons. The van der Waals surface area contributed by atoms with Crippen LogP contribution >= 0.6 is 0 Å². The quantitative estimate of drug-likeness (QED) is 0.658. The van der Waals surface area contributed by atoms with Gasteiger partial charge in [0, 0.05) is 18.6 Å². The lowest BCUT2D eigenvalue weighted by atomic mass is 9.44. The smallest absolute Gasteiger partial charge is 0.00982 e. The van der Waals surface area contributed by atoms with Crippen LogP contribution in [0.4, 0.5) is 0 Å². The van der Waals surface area contributed by atoms with Crippen LogP contribution in [0.1, 0.15) is 71.6 Å². The van der Waals surface area contributed by atoms with E-state index in [1.165, 1.54) is 38.6 Å². The van der Waals surface area contributed by atoms with Gasteiger partial charge in [0.05, 0.1) is 0 Å². The summed E-state index contributed by atoms with van der Waals surface area (Å²) in [5.41, 5.74) is 1.37. The Kier molecular flexibility index (Phi) is 4.12. The number of hydrogen-bond acceptors (Lipinski definition) is 2. The molecule has 0 aromatic carbocycles. The molecule has 0 N–H and O–H groups in total. The summed E-state index contributed by atoms with van der Waals surface area (Å²) >= 11 is 0. The average Bonchev–Trinajstić information content (AvgIpc) is 3.08. The highest BCUT2D eigenvalue weighted by Gasteiger charge is 2.64. The minimum absolute atomic E-state index is 0.658. The fraction of sp³-hybridized carbons (Fsp3) is 1.00. The number of hydrogen-bond donors (Lipinski definition) is 0. The van der Waals surface area contributed by atoms with Gasteiger partial charge in [0.15, 0.2) is 0 Å². The van der Waals surface area contributed by atoms with E-state index in [4.69, 9.17) is 0 Å². The van der Waals surface area contributed by atoms with E-state index in [0.29, 0.717) is 10.8 Å². The van der Waals surface area contributed by atoms with Crippen LogP contribution in [0, 0.1) is 40.4 Å². The molecule has 5 rings (SSSR count). The summed E-state index contributed by atoms with van der Waals surface area (Å²) in [6.07, 6.45) is 13.7. The molecule has 1 saturated heterocycles. The predicted octanol–water partition coefficient (Wildman–Crippen LogP) is 4.89. The van der Waals surface area contributed by atoms with Gasteiger partial charge in [0.25, 0.3) is 0 Å². The molecule has 4 aliphatic carbocycles. The van der Waals surface area contributed by atoms with Gasteiger partial charge in [-0.15, -0.1) is 0 Å². The summed E-state index contributed by atoms with van der Waals surface area (Å²) < 4.78 is 0. The first kappa shape index (κ1) is 18.0. The van der Waals surface area contributed by atoms with Crippen LogP contribution in [0.15, 0.2) is 0 Å². The largest absolute Gasteiger partial charge is 0.306 e. The monoisotopic (exact) mass is 358 g/mol. The molecular weight excluding hydrogens is 316 g/mol. The lowest BCUT2D eigenvalue weighted by molar-refractivity contribution is -0.118. The molecule has 1 aliphatic heterocycles. The second-order valence-corrected chi connectivity index (χ2v) is 11.7. The number of nitrogens with zero attached hydrogens (tertiary/aromatic N) is 2. The Morgan fingerprint density at radius 2 is 1.65 bits per heavy atom. The third kappa shape index (κ3) is 2.24. The van der Waals surface area contributed by atoms with Crippen molar-refractivity contribution < 1.29 is 0 Å². The Morgan fingerprint density at radius 3 is 2.42 bits per heavy atom. The second-order valence-electron chi connectivity index (χ2n) is 11.7. The number of fused-ring (bicyclic) bond motifs is 4. The summed E-state index contributed by atoms with van der Waals surface area (Å²) in [4.78, 5) is 5.23. The summed E-state index contributed by atoms with van der Waals surface area (Å²) in [5, 5.41) is 0. The highest BCUT2D eigenvalue weighted by Crippen LogP contribution is 2.69. The van der Waals surface area contributed by atoms with Gasteiger partial charge in [-0.3, -0.25) is 0 Å². The van der Waals surface area contributed by atoms with Crippen molar-refractivity contribution in [1.29, 1.82) is 0 Å². The lowest BCUT2D eigenvalue weighted by Gasteiger charge is -2.61. The first-order valence-corrected chi connectivity index (χ1v) is 11.7.